The third-order valence-electron chi connectivity index (χ3n) is 4.51. The molecule has 0 aliphatic carbocycles. The molecular formula is C21H27ClFN3O4S. The molecule has 0 fully saturated rings. The predicted octanol–water partition coefficient (Wildman–Crippen LogP) is 3.63. The minimum atomic E-state index is -3.35. The van der Waals surface area contributed by atoms with Gasteiger partial charge >= 0.3 is 0 Å². The molecule has 0 aliphatic rings. The van der Waals surface area contributed by atoms with Crippen LogP contribution < -0.4 is 20.5 Å². The Morgan fingerprint density at radius 1 is 1.29 bits per heavy atom. The van der Waals surface area contributed by atoms with E-state index in [0.717, 1.165) is 6.26 Å². The number of amides is 1. The van der Waals surface area contributed by atoms with Crippen LogP contribution in [0.1, 0.15) is 43.9 Å². The molecule has 1 amide bonds. The van der Waals surface area contributed by atoms with E-state index in [1.807, 2.05) is 6.92 Å². The highest BCUT2D eigenvalue weighted by atomic mass is 35.5. The summed E-state index contributed by atoms with van der Waals surface area (Å²) in [5.41, 5.74) is 6.24. The number of carbonyl (C=O) groups excluding carboxylic acids is 1. The predicted molar refractivity (Wildman–Crippen MR) is 119 cm³/mol. The van der Waals surface area contributed by atoms with E-state index in [0.29, 0.717) is 23.3 Å². The number of hydrogen-bond donors (Lipinski definition) is 3. The van der Waals surface area contributed by atoms with Crippen LogP contribution in [-0.2, 0) is 21.4 Å². The average Bonchev–Trinajstić information content (AvgIpc) is 2.67. The van der Waals surface area contributed by atoms with Gasteiger partial charge in [-0.15, -0.1) is 0 Å². The Hall–Kier alpha value is -2.20. The average molecular weight is 472 g/mol. The first kappa shape index (κ1) is 25.1. The number of ether oxygens (including phenoxy) is 1. The second-order valence-electron chi connectivity index (χ2n) is 7.32. The zero-order valence-corrected chi connectivity index (χ0v) is 19.2. The van der Waals surface area contributed by atoms with Crippen LogP contribution in [-0.4, -0.2) is 26.6 Å². The van der Waals surface area contributed by atoms with Gasteiger partial charge in [-0.2, -0.15) is 0 Å². The molecule has 31 heavy (non-hydrogen) atoms. The van der Waals surface area contributed by atoms with Crippen molar-refractivity contribution in [3.05, 3.63) is 58.4 Å². The van der Waals surface area contributed by atoms with Crippen LogP contribution in [0.5, 0.6) is 11.5 Å². The fraction of sp³-hybridized carbons (Fsp3) is 0.381. The Balaban J connectivity index is 2.27. The lowest BCUT2D eigenvalue weighted by Crippen LogP contribution is -2.34. The van der Waals surface area contributed by atoms with Gasteiger partial charge in [-0.3, -0.25) is 4.79 Å². The smallest absolute Gasteiger partial charge is 0.218 e. The van der Waals surface area contributed by atoms with E-state index in [1.165, 1.54) is 0 Å². The summed E-state index contributed by atoms with van der Waals surface area (Å²) in [4.78, 5) is 11.1. The van der Waals surface area contributed by atoms with Crippen molar-refractivity contribution in [2.75, 3.05) is 6.26 Å². The van der Waals surface area contributed by atoms with Gasteiger partial charge in [-0.1, -0.05) is 36.7 Å². The normalized spacial score (nSPS) is 13.6. The third kappa shape index (κ3) is 7.77. The Labute approximate surface area is 187 Å². The molecule has 0 aliphatic heterocycles. The summed E-state index contributed by atoms with van der Waals surface area (Å²) in [6.45, 7) is 3.77. The van der Waals surface area contributed by atoms with E-state index in [-0.39, 0.29) is 35.8 Å². The summed E-state index contributed by atoms with van der Waals surface area (Å²) in [5.74, 6) is -0.873. The van der Waals surface area contributed by atoms with Crippen molar-refractivity contribution in [3.63, 3.8) is 0 Å². The van der Waals surface area contributed by atoms with Crippen molar-refractivity contribution in [2.24, 2.45) is 5.73 Å². The summed E-state index contributed by atoms with van der Waals surface area (Å²) in [7, 11) is -3.35. The molecule has 2 aromatic carbocycles. The molecule has 10 heteroatoms. The number of carbonyl (C=O) groups is 1. The second kappa shape index (κ2) is 10.9. The van der Waals surface area contributed by atoms with Crippen molar-refractivity contribution in [1.29, 1.82) is 0 Å². The molecule has 0 aromatic heterocycles. The summed E-state index contributed by atoms with van der Waals surface area (Å²) in [6.07, 6.45) is 1.76. The van der Waals surface area contributed by atoms with Gasteiger partial charge in [0.2, 0.25) is 15.9 Å². The van der Waals surface area contributed by atoms with Gasteiger partial charge in [-0.25, -0.2) is 17.5 Å². The maximum Gasteiger partial charge on any atom is 0.218 e. The number of rotatable bonds is 11. The number of benzene rings is 2. The quantitative estimate of drug-likeness (QED) is 0.463. The first-order chi connectivity index (χ1) is 14.5. The van der Waals surface area contributed by atoms with E-state index >= 15 is 4.39 Å². The molecule has 2 atom stereocenters. The van der Waals surface area contributed by atoms with E-state index in [4.69, 9.17) is 22.1 Å². The molecule has 7 nitrogen and oxygen atoms in total. The van der Waals surface area contributed by atoms with Gasteiger partial charge in [0.25, 0.3) is 0 Å². The molecule has 0 saturated carbocycles. The molecule has 2 aromatic rings. The largest absolute Gasteiger partial charge is 0.453 e. The number of nitrogens with one attached hydrogen (secondary N) is 2. The fourth-order valence-electron chi connectivity index (χ4n) is 3.09. The van der Waals surface area contributed by atoms with Gasteiger partial charge in [0.05, 0.1) is 11.3 Å². The number of nitrogens with two attached hydrogens (primary N) is 1. The summed E-state index contributed by atoms with van der Waals surface area (Å²) in [5, 5.41) is 3.30. The van der Waals surface area contributed by atoms with E-state index < -0.39 is 21.7 Å². The highest BCUT2D eigenvalue weighted by Crippen LogP contribution is 2.36. The molecule has 0 heterocycles. The fourth-order valence-corrected chi connectivity index (χ4v) is 3.71. The monoisotopic (exact) mass is 471 g/mol. The van der Waals surface area contributed by atoms with Gasteiger partial charge in [0.15, 0.2) is 11.6 Å². The van der Waals surface area contributed by atoms with E-state index in [2.05, 4.69) is 10.0 Å². The van der Waals surface area contributed by atoms with Crippen molar-refractivity contribution >= 4 is 27.5 Å². The molecular weight excluding hydrogens is 445 g/mol. The molecule has 0 spiro atoms. The molecule has 0 saturated heterocycles. The Kier molecular flexibility index (Phi) is 8.81. The van der Waals surface area contributed by atoms with Gasteiger partial charge < -0.3 is 15.8 Å². The number of sulfonamides is 1. The summed E-state index contributed by atoms with van der Waals surface area (Å²) >= 11 is 6.20. The van der Waals surface area contributed by atoms with Crippen LogP contribution in [0.25, 0.3) is 0 Å². The highest BCUT2D eigenvalue weighted by molar-refractivity contribution is 7.88. The molecule has 0 bridgehead atoms. The second-order valence-corrected chi connectivity index (χ2v) is 9.56. The van der Waals surface area contributed by atoms with E-state index in [1.54, 1.807) is 43.3 Å². The zero-order chi connectivity index (χ0) is 23.2. The minimum Gasteiger partial charge on any atom is -0.453 e. The maximum absolute atomic E-state index is 15.3. The topological polar surface area (TPSA) is 111 Å². The highest BCUT2D eigenvalue weighted by Gasteiger charge is 2.22. The van der Waals surface area contributed by atoms with Crippen LogP contribution in [0, 0.1) is 5.82 Å². The summed E-state index contributed by atoms with van der Waals surface area (Å²) < 4.78 is 46.1. The molecule has 2 rings (SSSR count). The van der Waals surface area contributed by atoms with Crippen molar-refractivity contribution < 1.29 is 22.3 Å². The Bertz CT molecular complexity index is 1030. The van der Waals surface area contributed by atoms with Crippen molar-refractivity contribution in [2.45, 2.75) is 45.3 Å². The van der Waals surface area contributed by atoms with Crippen molar-refractivity contribution in [1.82, 2.24) is 10.0 Å². The lowest BCUT2D eigenvalue weighted by Gasteiger charge is -2.23. The SMILES string of the molecule is CC[C@@H](N[C@@H](C)CC(N)=O)c1ccc(Cl)c(Oc2cccc(CNS(C)(=O)=O)c2)c1F. The lowest BCUT2D eigenvalue weighted by molar-refractivity contribution is -0.118. The number of hydrogen-bond acceptors (Lipinski definition) is 5. The number of halogens is 2. The van der Waals surface area contributed by atoms with E-state index in [9.17, 15) is 13.2 Å². The molecule has 4 N–H and O–H groups in total. The van der Waals surface area contributed by atoms with Crippen LogP contribution in [0.4, 0.5) is 4.39 Å². The molecule has 170 valence electrons. The van der Waals surface area contributed by atoms with Crippen LogP contribution >= 0.6 is 11.6 Å². The first-order valence-electron chi connectivity index (χ1n) is 9.73. The standard InChI is InChI=1S/C21H27ClFN3O4S/c1-4-18(26-13(2)10-19(24)27)16-8-9-17(22)21(20(16)23)30-15-7-5-6-14(11-15)12-25-31(3,28)29/h5-9,11,13,18,25-26H,4,10,12H2,1-3H3,(H2,24,27)/t13-,18+/m0/s1. The van der Waals surface area contributed by atoms with Crippen molar-refractivity contribution in [3.8, 4) is 11.5 Å². The third-order valence-corrected chi connectivity index (χ3v) is 5.48. The van der Waals surface area contributed by atoms with Crippen LogP contribution in [0.2, 0.25) is 5.02 Å². The molecule has 0 radical (unpaired) electrons. The van der Waals surface area contributed by atoms with Gasteiger partial charge in [0, 0.05) is 30.6 Å². The Morgan fingerprint density at radius 2 is 2.00 bits per heavy atom. The Morgan fingerprint density at radius 3 is 2.61 bits per heavy atom. The zero-order valence-electron chi connectivity index (χ0n) is 17.6. The first-order valence-corrected chi connectivity index (χ1v) is 12.0. The van der Waals surface area contributed by atoms with Gasteiger partial charge in [0.1, 0.15) is 5.75 Å². The maximum atomic E-state index is 15.3. The van der Waals surface area contributed by atoms with Crippen LogP contribution in [0.3, 0.4) is 0 Å². The van der Waals surface area contributed by atoms with Gasteiger partial charge in [-0.05, 0) is 37.1 Å². The minimum absolute atomic E-state index is 0.0753. The number of primary amides is 1. The molecule has 0 unspecified atom stereocenters. The lowest BCUT2D eigenvalue weighted by atomic mass is 10.0. The van der Waals surface area contributed by atoms with Crippen LogP contribution in [0.15, 0.2) is 36.4 Å². The summed E-state index contributed by atoms with van der Waals surface area (Å²) in [6, 6.07) is 9.13.